The fourth-order valence-electron chi connectivity index (χ4n) is 1.76. The number of amidine groups is 1. The summed E-state index contributed by atoms with van der Waals surface area (Å²) in [5.74, 6) is -0.135. The lowest BCUT2D eigenvalue weighted by atomic mass is 10.2. The van der Waals surface area contributed by atoms with Gasteiger partial charge < -0.3 is 4.74 Å². The number of rotatable bonds is 3. The topological polar surface area (TPSA) is 43.1 Å². The van der Waals surface area contributed by atoms with Crippen LogP contribution in [0.25, 0.3) is 0 Å². The number of hydrogen-bond acceptors (Lipinski definition) is 4. The van der Waals surface area contributed by atoms with Crippen LogP contribution in [0.4, 0.5) is 0 Å². The van der Waals surface area contributed by atoms with Gasteiger partial charge in [0.1, 0.15) is 12.1 Å². The predicted octanol–water partition coefficient (Wildman–Crippen LogP) is 0.172. The summed E-state index contributed by atoms with van der Waals surface area (Å²) in [6, 6.07) is 0. The van der Waals surface area contributed by atoms with Crippen molar-refractivity contribution >= 4 is 22.9 Å². The highest BCUT2D eigenvalue weighted by Crippen LogP contribution is 2.16. The van der Waals surface area contributed by atoms with E-state index in [0.717, 1.165) is 30.4 Å². The normalized spacial score (nSPS) is 24.2. The molecule has 0 aromatic heterocycles. The van der Waals surface area contributed by atoms with Gasteiger partial charge in [-0.2, -0.15) is 0 Å². The summed E-state index contributed by atoms with van der Waals surface area (Å²) in [7, 11) is 0. The molecule has 0 bridgehead atoms. The number of fused-ring (bicyclic) bond motifs is 1. The monoisotopic (exact) mass is 227 g/mol. The molecule has 5 heteroatoms. The molecule has 1 N–H and O–H groups in total. The molecule has 1 atom stereocenters. The number of nitrogens with one attached hydrogen (secondary N) is 1. The number of ether oxygens (including phenoxy) is 1. The third-order valence-electron chi connectivity index (χ3n) is 2.44. The van der Waals surface area contributed by atoms with Crippen LogP contribution in [0.3, 0.4) is 0 Å². The van der Waals surface area contributed by atoms with Crippen molar-refractivity contribution in [3.63, 3.8) is 0 Å². The quantitative estimate of drug-likeness (QED) is 0.699. The summed E-state index contributed by atoms with van der Waals surface area (Å²) in [5, 5.41) is 3.15. The molecule has 0 spiro atoms. The zero-order valence-corrected chi connectivity index (χ0v) is 9.60. The Morgan fingerprint density at radius 3 is 3.40 bits per heavy atom. The number of carbonyl (C=O) groups is 1. The van der Waals surface area contributed by atoms with E-state index >= 15 is 0 Å². The van der Waals surface area contributed by atoms with Gasteiger partial charge in [0.2, 0.25) is 0 Å². The Bertz CT molecular complexity index is 325. The second-order valence-corrected chi connectivity index (χ2v) is 4.37. The molecule has 0 saturated carbocycles. The molecule has 1 unspecified atom stereocenters. The van der Waals surface area contributed by atoms with Gasteiger partial charge in [0, 0.05) is 11.8 Å². The van der Waals surface area contributed by atoms with Crippen LogP contribution in [0.1, 0.15) is 19.8 Å². The Kier molecular flexibility index (Phi) is 3.43. The van der Waals surface area contributed by atoms with Crippen LogP contribution in [-0.4, -0.2) is 30.8 Å². The maximum absolute atomic E-state index is 11.3. The average Bonchev–Trinajstić information content (AvgIpc) is 2.62. The summed E-state index contributed by atoms with van der Waals surface area (Å²) in [4.78, 5) is 17.0. The van der Waals surface area contributed by atoms with Crippen molar-refractivity contribution in [3.8, 4) is 0 Å². The smallest absolute Gasteiger partial charge is 0.315 e. The number of hydrogen-bond donors (Lipinski definition) is 1. The first kappa shape index (κ1) is 10.7. The van der Waals surface area contributed by atoms with Gasteiger partial charge in [-0.15, -0.1) is 0 Å². The Morgan fingerprint density at radius 1 is 1.73 bits per heavy atom. The van der Waals surface area contributed by atoms with Crippen LogP contribution >= 0.6 is 11.8 Å². The third-order valence-corrected chi connectivity index (χ3v) is 3.44. The Balaban J connectivity index is 1.96. The maximum atomic E-state index is 11.3. The second-order valence-electron chi connectivity index (χ2n) is 3.51. The number of esters is 1. The van der Waals surface area contributed by atoms with Crippen molar-refractivity contribution in [2.24, 2.45) is 4.99 Å². The molecule has 4 nitrogen and oxygen atoms in total. The van der Waals surface area contributed by atoms with Gasteiger partial charge in [-0.1, -0.05) is 0 Å². The Hall–Kier alpha value is -0.810. The summed E-state index contributed by atoms with van der Waals surface area (Å²) in [5.41, 5.74) is 1.11. The molecular formula is C10H15N2O2S+. The van der Waals surface area contributed by atoms with E-state index in [1.54, 1.807) is 11.8 Å². The lowest BCUT2D eigenvalue weighted by molar-refractivity contribution is -0.760. The van der Waals surface area contributed by atoms with Crippen LogP contribution in [0.15, 0.2) is 16.1 Å². The van der Waals surface area contributed by atoms with E-state index in [0.29, 0.717) is 13.0 Å². The van der Waals surface area contributed by atoms with Crippen LogP contribution in [-0.2, 0) is 9.53 Å². The molecule has 0 radical (unpaired) electrons. The molecule has 0 amide bonds. The van der Waals surface area contributed by atoms with E-state index in [1.807, 2.05) is 12.3 Å². The minimum absolute atomic E-state index is 0.135. The van der Waals surface area contributed by atoms with Gasteiger partial charge >= 0.3 is 5.97 Å². The molecular weight excluding hydrogens is 212 g/mol. The molecule has 0 aromatic rings. The Morgan fingerprint density at radius 2 is 2.60 bits per heavy atom. The van der Waals surface area contributed by atoms with Gasteiger partial charge in [-0.05, 0) is 18.7 Å². The van der Waals surface area contributed by atoms with Crippen molar-refractivity contribution in [2.45, 2.75) is 19.8 Å². The highest BCUT2D eigenvalue weighted by Gasteiger charge is 2.32. The summed E-state index contributed by atoms with van der Waals surface area (Å²) < 4.78 is 4.94. The first-order valence-electron chi connectivity index (χ1n) is 5.23. The fourth-order valence-corrected chi connectivity index (χ4v) is 2.78. The first-order chi connectivity index (χ1) is 7.31. The SMILES string of the molecule is CCOC(=O)CC1=CSC2=NCCC[NH+]12. The van der Waals surface area contributed by atoms with Crippen LogP contribution in [0.5, 0.6) is 0 Å². The minimum atomic E-state index is -0.135. The van der Waals surface area contributed by atoms with Crippen molar-refractivity contribution < 1.29 is 14.4 Å². The standard InChI is InChI=1S/C10H14N2O2S/c1-2-14-9(13)6-8-7-15-10-11-4-3-5-12(8)10/h7H,2-6H2,1H3/p+1. The highest BCUT2D eigenvalue weighted by atomic mass is 32.2. The molecule has 0 saturated heterocycles. The Labute approximate surface area is 93.4 Å². The average molecular weight is 227 g/mol. The lowest BCUT2D eigenvalue weighted by Gasteiger charge is -2.18. The largest absolute Gasteiger partial charge is 0.466 e. The molecule has 2 heterocycles. The highest BCUT2D eigenvalue weighted by molar-refractivity contribution is 8.16. The minimum Gasteiger partial charge on any atom is -0.466 e. The molecule has 82 valence electrons. The van der Waals surface area contributed by atoms with Crippen molar-refractivity contribution in [1.29, 1.82) is 0 Å². The van der Waals surface area contributed by atoms with Crippen LogP contribution < -0.4 is 4.90 Å². The first-order valence-corrected chi connectivity index (χ1v) is 6.11. The number of thioether (sulfide) groups is 1. The molecule has 2 aliphatic heterocycles. The van der Waals surface area contributed by atoms with Gasteiger partial charge in [0.25, 0.3) is 5.17 Å². The van der Waals surface area contributed by atoms with E-state index in [9.17, 15) is 4.79 Å². The van der Waals surface area contributed by atoms with Gasteiger partial charge in [0.15, 0.2) is 0 Å². The van der Waals surface area contributed by atoms with E-state index in [-0.39, 0.29) is 5.97 Å². The van der Waals surface area contributed by atoms with Crippen LogP contribution in [0.2, 0.25) is 0 Å². The van der Waals surface area contributed by atoms with Crippen molar-refractivity contribution in [3.05, 3.63) is 11.1 Å². The predicted molar refractivity (Wildman–Crippen MR) is 59.7 cm³/mol. The zero-order chi connectivity index (χ0) is 10.7. The molecule has 2 aliphatic rings. The fraction of sp³-hybridized carbons (Fsp3) is 0.600. The molecule has 0 aliphatic carbocycles. The molecule has 15 heavy (non-hydrogen) atoms. The van der Waals surface area contributed by atoms with Gasteiger partial charge in [-0.25, -0.2) is 4.99 Å². The molecule has 0 aromatic carbocycles. The number of nitrogens with zero attached hydrogens (tertiary/aromatic N) is 1. The third kappa shape index (κ3) is 2.41. The molecule has 2 rings (SSSR count). The van der Waals surface area contributed by atoms with Crippen LogP contribution in [0, 0.1) is 0 Å². The van der Waals surface area contributed by atoms with E-state index in [1.165, 1.54) is 4.90 Å². The molecule has 0 fully saturated rings. The van der Waals surface area contributed by atoms with E-state index in [2.05, 4.69) is 4.99 Å². The lowest BCUT2D eigenvalue weighted by Crippen LogP contribution is -3.11. The second kappa shape index (κ2) is 4.81. The van der Waals surface area contributed by atoms with Gasteiger partial charge in [-0.3, -0.25) is 9.69 Å². The number of quaternary nitrogens is 1. The van der Waals surface area contributed by atoms with Crippen molar-refractivity contribution in [1.82, 2.24) is 0 Å². The maximum Gasteiger partial charge on any atom is 0.315 e. The van der Waals surface area contributed by atoms with E-state index in [4.69, 9.17) is 4.74 Å². The summed E-state index contributed by atoms with van der Waals surface area (Å²) in [6.45, 7) is 4.26. The summed E-state index contributed by atoms with van der Waals surface area (Å²) in [6.07, 6.45) is 1.49. The van der Waals surface area contributed by atoms with Gasteiger partial charge in [0.05, 0.1) is 19.7 Å². The van der Waals surface area contributed by atoms with Crippen molar-refractivity contribution in [2.75, 3.05) is 19.7 Å². The number of aliphatic imine (C=N–C) groups is 1. The zero-order valence-electron chi connectivity index (χ0n) is 8.78. The summed E-state index contributed by atoms with van der Waals surface area (Å²) >= 11 is 1.64. The number of carbonyl (C=O) groups excluding carboxylic acids is 1. The van der Waals surface area contributed by atoms with E-state index < -0.39 is 0 Å².